The van der Waals surface area contributed by atoms with E-state index < -0.39 is 0 Å². The van der Waals surface area contributed by atoms with Gasteiger partial charge in [-0.1, -0.05) is 73.9 Å². The molecule has 0 heterocycles. The molecule has 0 saturated carbocycles. The molecule has 2 aromatic carbocycles. The van der Waals surface area contributed by atoms with Gasteiger partial charge in [0.1, 0.15) is 0 Å². The molecule has 2 aromatic rings. The van der Waals surface area contributed by atoms with Crippen LogP contribution in [0.3, 0.4) is 0 Å². The summed E-state index contributed by atoms with van der Waals surface area (Å²) in [6.07, 6.45) is 5.66. The van der Waals surface area contributed by atoms with Crippen LogP contribution in [0.1, 0.15) is 11.1 Å². The Morgan fingerprint density at radius 1 is 0.947 bits per heavy atom. The molecule has 0 amide bonds. The summed E-state index contributed by atoms with van der Waals surface area (Å²) in [6, 6.07) is 16.9. The van der Waals surface area contributed by atoms with E-state index in [9.17, 15) is 0 Å². The van der Waals surface area contributed by atoms with Crippen molar-refractivity contribution in [1.29, 1.82) is 0 Å². The van der Waals surface area contributed by atoms with Crippen LogP contribution in [-0.2, 0) is 0 Å². The van der Waals surface area contributed by atoms with E-state index in [0.29, 0.717) is 0 Å². The molecule has 0 saturated heterocycles. The van der Waals surface area contributed by atoms with Crippen molar-refractivity contribution in [3.8, 4) is 11.1 Å². The number of aryl methyl sites for hydroxylation is 1. The van der Waals surface area contributed by atoms with Gasteiger partial charge >= 0.3 is 0 Å². The first-order valence-electron chi connectivity index (χ1n) is 6.38. The Morgan fingerprint density at radius 2 is 1.68 bits per heavy atom. The van der Waals surface area contributed by atoms with E-state index in [0.717, 1.165) is 5.57 Å². The molecule has 0 aliphatic heterocycles. The Balaban J connectivity index is 2.54. The molecule has 0 aromatic heterocycles. The zero-order valence-corrected chi connectivity index (χ0v) is 11.3. The lowest BCUT2D eigenvalue weighted by Gasteiger charge is -2.10. The largest absolute Gasteiger partial charge is 0.0990 e. The molecule has 0 nitrogen and oxygen atoms in total. The first kappa shape index (κ1) is 13.1. The van der Waals surface area contributed by atoms with Crippen LogP contribution in [0.15, 0.2) is 79.9 Å². The highest BCUT2D eigenvalue weighted by Gasteiger charge is 2.04. The van der Waals surface area contributed by atoms with E-state index in [1.54, 1.807) is 6.08 Å². The van der Waals surface area contributed by atoms with Gasteiger partial charge in [0.25, 0.3) is 0 Å². The topological polar surface area (TPSA) is 0 Å². The standard InChI is InChI=1S/C19H18/c1-4-9-16(5-2)19-14-18(13-12-15(19)3)17-10-7-6-8-11-17/h4-14H,1-2H2,3H3/b16-9+. The van der Waals surface area contributed by atoms with Crippen LogP contribution in [0.25, 0.3) is 16.7 Å². The van der Waals surface area contributed by atoms with Gasteiger partial charge < -0.3 is 0 Å². The Bertz CT molecular complexity index is 616. The third kappa shape index (κ3) is 2.92. The normalized spacial score (nSPS) is 11.1. The van der Waals surface area contributed by atoms with Crippen LogP contribution < -0.4 is 0 Å². The number of hydrogen-bond acceptors (Lipinski definition) is 0. The summed E-state index contributed by atoms with van der Waals surface area (Å²) in [5.41, 5.74) is 6.00. The molecule has 0 bridgehead atoms. The summed E-state index contributed by atoms with van der Waals surface area (Å²) in [7, 11) is 0. The molecule has 0 heteroatoms. The minimum atomic E-state index is 1.10. The fourth-order valence-electron chi connectivity index (χ4n) is 2.14. The van der Waals surface area contributed by atoms with E-state index in [2.05, 4.69) is 62.5 Å². The number of benzene rings is 2. The lowest BCUT2D eigenvalue weighted by atomic mass is 9.95. The van der Waals surface area contributed by atoms with Gasteiger partial charge in [-0.15, -0.1) is 0 Å². The lowest BCUT2D eigenvalue weighted by Crippen LogP contribution is -1.88. The highest BCUT2D eigenvalue weighted by Crippen LogP contribution is 2.27. The molecule has 0 aliphatic rings. The molecular weight excluding hydrogens is 228 g/mol. The summed E-state index contributed by atoms with van der Waals surface area (Å²) in [4.78, 5) is 0. The van der Waals surface area contributed by atoms with Gasteiger partial charge in [-0.05, 0) is 40.8 Å². The molecule has 0 atom stereocenters. The van der Waals surface area contributed by atoms with Gasteiger partial charge in [0.15, 0.2) is 0 Å². The van der Waals surface area contributed by atoms with Gasteiger partial charge in [0, 0.05) is 0 Å². The molecular formula is C19H18. The monoisotopic (exact) mass is 246 g/mol. The van der Waals surface area contributed by atoms with Crippen molar-refractivity contribution in [3.05, 3.63) is 91.0 Å². The first-order valence-corrected chi connectivity index (χ1v) is 6.38. The van der Waals surface area contributed by atoms with Crippen LogP contribution in [0, 0.1) is 6.92 Å². The van der Waals surface area contributed by atoms with Crippen molar-refractivity contribution in [1.82, 2.24) is 0 Å². The summed E-state index contributed by atoms with van der Waals surface area (Å²) < 4.78 is 0. The molecule has 0 fully saturated rings. The SMILES string of the molecule is C=C/C=C(\C=C)c1cc(-c2ccccc2)ccc1C. The lowest BCUT2D eigenvalue weighted by molar-refractivity contribution is 1.42. The summed E-state index contributed by atoms with van der Waals surface area (Å²) in [5, 5.41) is 0. The van der Waals surface area contributed by atoms with Gasteiger partial charge in [-0.3, -0.25) is 0 Å². The zero-order chi connectivity index (χ0) is 13.7. The molecule has 0 spiro atoms. The van der Waals surface area contributed by atoms with Gasteiger partial charge in [-0.25, -0.2) is 0 Å². The second kappa shape index (κ2) is 6.01. The number of hydrogen-bond donors (Lipinski definition) is 0. The molecule has 2 rings (SSSR count). The maximum absolute atomic E-state index is 3.88. The molecule has 94 valence electrons. The van der Waals surface area contributed by atoms with Crippen molar-refractivity contribution >= 4 is 5.57 Å². The van der Waals surface area contributed by atoms with Crippen LogP contribution in [0.5, 0.6) is 0 Å². The Morgan fingerprint density at radius 3 is 2.32 bits per heavy atom. The highest BCUT2D eigenvalue weighted by molar-refractivity contribution is 5.80. The van der Waals surface area contributed by atoms with E-state index in [1.165, 1.54) is 22.3 Å². The van der Waals surface area contributed by atoms with Gasteiger partial charge in [0.05, 0.1) is 0 Å². The van der Waals surface area contributed by atoms with Crippen molar-refractivity contribution < 1.29 is 0 Å². The number of rotatable bonds is 4. The van der Waals surface area contributed by atoms with Crippen LogP contribution in [0.2, 0.25) is 0 Å². The summed E-state index contributed by atoms with van der Waals surface area (Å²) in [5.74, 6) is 0. The van der Waals surface area contributed by atoms with Crippen molar-refractivity contribution in [2.45, 2.75) is 6.92 Å². The molecule has 0 radical (unpaired) electrons. The highest BCUT2D eigenvalue weighted by atomic mass is 14.1. The van der Waals surface area contributed by atoms with E-state index in [1.807, 2.05) is 18.2 Å². The fraction of sp³-hybridized carbons (Fsp3) is 0.0526. The first-order chi connectivity index (χ1) is 9.26. The van der Waals surface area contributed by atoms with E-state index >= 15 is 0 Å². The third-order valence-electron chi connectivity index (χ3n) is 3.17. The van der Waals surface area contributed by atoms with Crippen molar-refractivity contribution in [3.63, 3.8) is 0 Å². The Kier molecular flexibility index (Phi) is 4.15. The second-order valence-corrected chi connectivity index (χ2v) is 4.46. The minimum absolute atomic E-state index is 1.10. The van der Waals surface area contributed by atoms with E-state index in [-0.39, 0.29) is 0 Å². The predicted molar refractivity (Wildman–Crippen MR) is 85.0 cm³/mol. The van der Waals surface area contributed by atoms with Crippen molar-refractivity contribution in [2.75, 3.05) is 0 Å². The minimum Gasteiger partial charge on any atom is -0.0990 e. The average molecular weight is 246 g/mol. The summed E-state index contributed by atoms with van der Waals surface area (Å²) in [6.45, 7) is 9.76. The molecule has 19 heavy (non-hydrogen) atoms. The van der Waals surface area contributed by atoms with E-state index in [4.69, 9.17) is 0 Å². The maximum atomic E-state index is 3.88. The maximum Gasteiger partial charge on any atom is -0.0149 e. The van der Waals surface area contributed by atoms with Gasteiger partial charge in [0.2, 0.25) is 0 Å². The third-order valence-corrected chi connectivity index (χ3v) is 3.17. The molecule has 0 aliphatic carbocycles. The quantitative estimate of drug-likeness (QED) is 0.632. The Hall–Kier alpha value is -2.34. The molecule has 0 unspecified atom stereocenters. The van der Waals surface area contributed by atoms with Crippen LogP contribution in [0.4, 0.5) is 0 Å². The predicted octanol–water partition coefficient (Wildman–Crippen LogP) is 5.42. The number of allylic oxidation sites excluding steroid dienone is 4. The van der Waals surface area contributed by atoms with Gasteiger partial charge in [-0.2, -0.15) is 0 Å². The fourth-order valence-corrected chi connectivity index (χ4v) is 2.14. The van der Waals surface area contributed by atoms with Crippen LogP contribution >= 0.6 is 0 Å². The van der Waals surface area contributed by atoms with Crippen molar-refractivity contribution in [2.24, 2.45) is 0 Å². The zero-order valence-electron chi connectivity index (χ0n) is 11.3. The smallest absolute Gasteiger partial charge is 0.0149 e. The Labute approximate surface area is 115 Å². The summed E-state index contributed by atoms with van der Waals surface area (Å²) >= 11 is 0. The van der Waals surface area contributed by atoms with Crippen LogP contribution in [-0.4, -0.2) is 0 Å². The second-order valence-electron chi connectivity index (χ2n) is 4.46. The average Bonchev–Trinajstić information content (AvgIpc) is 2.46. The molecule has 0 N–H and O–H groups in total.